The van der Waals surface area contributed by atoms with Gasteiger partial charge in [0.2, 0.25) is 0 Å². The molecule has 0 radical (unpaired) electrons. The Morgan fingerprint density at radius 3 is 2.06 bits per heavy atom. The van der Waals surface area contributed by atoms with Crippen molar-refractivity contribution in [1.29, 1.82) is 0 Å². The zero-order chi connectivity index (χ0) is 11.2. The van der Waals surface area contributed by atoms with Gasteiger partial charge in [0.1, 0.15) is 0 Å². The first-order chi connectivity index (χ1) is 7.84. The van der Waals surface area contributed by atoms with Crippen molar-refractivity contribution in [2.24, 2.45) is 4.99 Å². The van der Waals surface area contributed by atoms with Gasteiger partial charge in [-0.25, -0.2) is 0 Å². The Hall–Kier alpha value is -1.37. The molecule has 0 bridgehead atoms. The van der Waals surface area contributed by atoms with Gasteiger partial charge in [-0.1, -0.05) is 0 Å². The molecule has 0 N–H and O–H groups in total. The minimum atomic E-state index is 0.330. The Morgan fingerprint density at radius 1 is 0.875 bits per heavy atom. The number of aliphatic imine (C=N–C) groups is 1. The van der Waals surface area contributed by atoms with Crippen LogP contribution in [0.15, 0.2) is 65.7 Å². The molecule has 0 atom stereocenters. The molecule has 1 nitrogen and oxygen atoms in total. The first-order valence-corrected chi connectivity index (χ1v) is 6.89. The average Bonchev–Trinajstić information content (AvgIpc) is 2.31. The van der Waals surface area contributed by atoms with Crippen molar-refractivity contribution in [2.75, 3.05) is 0 Å². The van der Waals surface area contributed by atoms with E-state index in [9.17, 15) is 0 Å². The molecule has 2 heteroatoms. The molecule has 2 aromatic carbocycles. The summed E-state index contributed by atoms with van der Waals surface area (Å²) in [6, 6.07) is 20.6. The third kappa shape index (κ3) is 3.34. The van der Waals surface area contributed by atoms with Crippen LogP contribution in [0.1, 0.15) is 6.92 Å². The standard InChI is InChI=1S/C14H13NSe/c1-12(15-13-8-4-2-5-9-13)16-14-10-6-3-7-11-14/h2-11H,1H3. The Balaban J connectivity index is 2.09. The van der Waals surface area contributed by atoms with E-state index in [2.05, 4.69) is 36.2 Å². The molecule has 0 saturated heterocycles. The second kappa shape index (κ2) is 5.64. The van der Waals surface area contributed by atoms with Crippen molar-refractivity contribution in [1.82, 2.24) is 0 Å². The van der Waals surface area contributed by atoms with Crippen molar-refractivity contribution >= 4 is 29.7 Å². The summed E-state index contributed by atoms with van der Waals surface area (Å²) in [5, 5.41) is 0. The molecule has 16 heavy (non-hydrogen) atoms. The van der Waals surface area contributed by atoms with E-state index in [4.69, 9.17) is 0 Å². The fraction of sp³-hybridized carbons (Fsp3) is 0.0714. The number of benzene rings is 2. The second-order valence-corrected chi connectivity index (χ2v) is 6.04. The summed E-state index contributed by atoms with van der Waals surface area (Å²) >= 11 is 0.330. The maximum atomic E-state index is 4.60. The third-order valence-electron chi connectivity index (χ3n) is 2.05. The van der Waals surface area contributed by atoms with Gasteiger partial charge in [0.05, 0.1) is 0 Å². The summed E-state index contributed by atoms with van der Waals surface area (Å²) in [7, 11) is 0. The van der Waals surface area contributed by atoms with Crippen LogP contribution in [-0.4, -0.2) is 19.6 Å². The van der Waals surface area contributed by atoms with Crippen molar-refractivity contribution in [2.45, 2.75) is 6.92 Å². The van der Waals surface area contributed by atoms with Crippen LogP contribution in [0, 0.1) is 0 Å². The first-order valence-electron chi connectivity index (χ1n) is 5.18. The SMILES string of the molecule is CC(=Nc1ccccc1)[Se]c1ccccc1. The van der Waals surface area contributed by atoms with Crippen LogP contribution in [0.5, 0.6) is 0 Å². The van der Waals surface area contributed by atoms with Gasteiger partial charge in [-0.05, 0) is 0 Å². The summed E-state index contributed by atoms with van der Waals surface area (Å²) in [5.41, 5.74) is 1.04. The average molecular weight is 274 g/mol. The van der Waals surface area contributed by atoms with Crippen LogP contribution in [0.4, 0.5) is 5.69 Å². The van der Waals surface area contributed by atoms with Crippen LogP contribution < -0.4 is 4.46 Å². The molecule has 0 aromatic heterocycles. The zero-order valence-electron chi connectivity index (χ0n) is 9.13. The van der Waals surface area contributed by atoms with E-state index in [-0.39, 0.29) is 0 Å². The molecule has 2 aromatic rings. The summed E-state index contributed by atoms with van der Waals surface area (Å²) < 4.78 is 2.57. The first kappa shape index (κ1) is 11.1. The summed E-state index contributed by atoms with van der Waals surface area (Å²) in [6.07, 6.45) is 0. The molecule has 0 saturated carbocycles. The number of hydrogen-bond donors (Lipinski definition) is 0. The molecule has 0 amide bonds. The van der Waals surface area contributed by atoms with E-state index in [0.29, 0.717) is 15.0 Å². The van der Waals surface area contributed by atoms with E-state index in [1.54, 1.807) is 0 Å². The molecule has 0 unspecified atom stereocenters. The van der Waals surface area contributed by atoms with Gasteiger partial charge in [-0.3, -0.25) is 0 Å². The van der Waals surface area contributed by atoms with Gasteiger partial charge < -0.3 is 0 Å². The molecule has 0 aliphatic rings. The molecular formula is C14H13NSe. The topological polar surface area (TPSA) is 12.4 Å². The second-order valence-electron chi connectivity index (χ2n) is 3.38. The number of para-hydroxylation sites is 1. The Kier molecular flexibility index (Phi) is 3.92. The number of hydrogen-bond acceptors (Lipinski definition) is 1. The Bertz CT molecular complexity index is 463. The van der Waals surface area contributed by atoms with Gasteiger partial charge in [-0.2, -0.15) is 0 Å². The van der Waals surface area contributed by atoms with E-state index in [1.165, 1.54) is 9.07 Å². The van der Waals surface area contributed by atoms with E-state index < -0.39 is 0 Å². The molecule has 80 valence electrons. The van der Waals surface area contributed by atoms with Gasteiger partial charge >= 0.3 is 102 Å². The normalized spacial score (nSPS) is 11.4. The molecule has 0 spiro atoms. The third-order valence-corrected chi connectivity index (χ3v) is 3.93. The van der Waals surface area contributed by atoms with Crippen LogP contribution in [0.2, 0.25) is 0 Å². The minimum absolute atomic E-state index is 0.330. The molecule has 0 heterocycles. The predicted octanol–water partition coefficient (Wildman–Crippen LogP) is 2.77. The number of nitrogens with zero attached hydrogens (tertiary/aromatic N) is 1. The van der Waals surface area contributed by atoms with Crippen LogP contribution in [-0.2, 0) is 0 Å². The monoisotopic (exact) mass is 275 g/mol. The molecule has 2 rings (SSSR count). The maximum absolute atomic E-state index is 4.60. The molecule has 0 aliphatic heterocycles. The van der Waals surface area contributed by atoms with Crippen LogP contribution >= 0.6 is 0 Å². The van der Waals surface area contributed by atoms with Crippen LogP contribution in [0.3, 0.4) is 0 Å². The summed E-state index contributed by atoms with van der Waals surface area (Å²) in [4.78, 5) is 4.60. The van der Waals surface area contributed by atoms with E-state index >= 15 is 0 Å². The summed E-state index contributed by atoms with van der Waals surface area (Å²) in [5.74, 6) is 0. The van der Waals surface area contributed by atoms with Gasteiger partial charge in [0, 0.05) is 0 Å². The fourth-order valence-corrected chi connectivity index (χ4v) is 3.01. The van der Waals surface area contributed by atoms with E-state index in [1.807, 2.05) is 36.4 Å². The zero-order valence-corrected chi connectivity index (χ0v) is 10.8. The predicted molar refractivity (Wildman–Crippen MR) is 71.0 cm³/mol. The quantitative estimate of drug-likeness (QED) is 0.603. The van der Waals surface area contributed by atoms with E-state index in [0.717, 1.165) is 5.69 Å². The van der Waals surface area contributed by atoms with Gasteiger partial charge in [0.15, 0.2) is 0 Å². The molecule has 0 aliphatic carbocycles. The fourth-order valence-electron chi connectivity index (χ4n) is 1.37. The molecular weight excluding hydrogens is 261 g/mol. The van der Waals surface area contributed by atoms with Crippen molar-refractivity contribution < 1.29 is 0 Å². The van der Waals surface area contributed by atoms with Gasteiger partial charge in [-0.15, -0.1) is 0 Å². The van der Waals surface area contributed by atoms with Crippen molar-refractivity contribution in [3.63, 3.8) is 0 Å². The Morgan fingerprint density at radius 2 is 1.44 bits per heavy atom. The van der Waals surface area contributed by atoms with Gasteiger partial charge in [0.25, 0.3) is 0 Å². The van der Waals surface area contributed by atoms with Crippen molar-refractivity contribution in [3.8, 4) is 0 Å². The van der Waals surface area contributed by atoms with Crippen LogP contribution in [0.25, 0.3) is 0 Å². The molecule has 0 fully saturated rings. The van der Waals surface area contributed by atoms with Crippen molar-refractivity contribution in [3.05, 3.63) is 60.7 Å². The summed E-state index contributed by atoms with van der Waals surface area (Å²) in [6.45, 7) is 2.10. The number of rotatable bonds is 3. The Labute approximate surface area is 102 Å².